The van der Waals surface area contributed by atoms with Gasteiger partial charge in [-0.3, -0.25) is 14.5 Å². The lowest BCUT2D eigenvalue weighted by molar-refractivity contribution is -0.134. The number of imide groups is 1. The molecule has 1 aromatic carbocycles. The summed E-state index contributed by atoms with van der Waals surface area (Å²) < 4.78 is 0. The standard InChI is InChI=1S/C20H29N3O3/c1-5-12-20(13-6-2)18(25)22(19(26)21-20)14-17(24)23(15(3)4)16-10-8-7-9-11-16/h7-11,15H,5-6,12-14H2,1-4H3,(H,21,26). The smallest absolute Gasteiger partial charge is 0.323 e. The van der Waals surface area contributed by atoms with Gasteiger partial charge in [0, 0.05) is 11.7 Å². The molecule has 142 valence electrons. The minimum Gasteiger partial charge on any atom is -0.323 e. The lowest BCUT2D eigenvalue weighted by Gasteiger charge is -2.29. The van der Waals surface area contributed by atoms with E-state index in [0.717, 1.165) is 23.4 Å². The number of urea groups is 1. The number of rotatable bonds is 8. The van der Waals surface area contributed by atoms with Crippen molar-refractivity contribution >= 4 is 23.5 Å². The molecule has 4 amide bonds. The number of nitrogens with zero attached hydrogens (tertiary/aromatic N) is 2. The van der Waals surface area contributed by atoms with Crippen LogP contribution >= 0.6 is 0 Å². The van der Waals surface area contributed by atoms with Crippen molar-refractivity contribution in [2.75, 3.05) is 11.4 Å². The summed E-state index contributed by atoms with van der Waals surface area (Å²) in [6.07, 6.45) is 2.75. The molecule has 0 bridgehead atoms. The Hall–Kier alpha value is -2.37. The zero-order chi connectivity index (χ0) is 19.3. The number of benzene rings is 1. The monoisotopic (exact) mass is 359 g/mol. The molecule has 1 aromatic rings. The SMILES string of the molecule is CCCC1(CCC)NC(=O)N(CC(=O)N(c2ccccc2)C(C)C)C1=O. The van der Waals surface area contributed by atoms with Gasteiger partial charge in [-0.1, -0.05) is 44.9 Å². The molecule has 0 aliphatic carbocycles. The van der Waals surface area contributed by atoms with Crippen molar-refractivity contribution < 1.29 is 14.4 Å². The Bertz CT molecular complexity index is 652. The predicted molar refractivity (Wildman–Crippen MR) is 102 cm³/mol. The van der Waals surface area contributed by atoms with Gasteiger partial charge in [0.05, 0.1) is 0 Å². The molecule has 1 heterocycles. The third-order valence-electron chi connectivity index (χ3n) is 4.71. The molecule has 1 saturated heterocycles. The van der Waals surface area contributed by atoms with Crippen molar-refractivity contribution in [3.63, 3.8) is 0 Å². The molecule has 26 heavy (non-hydrogen) atoms. The molecule has 1 aliphatic heterocycles. The molecule has 0 unspecified atom stereocenters. The number of hydrogen-bond donors (Lipinski definition) is 1. The Morgan fingerprint density at radius 1 is 1.12 bits per heavy atom. The fourth-order valence-corrected chi connectivity index (χ4v) is 3.67. The second-order valence-electron chi connectivity index (χ2n) is 7.10. The van der Waals surface area contributed by atoms with E-state index < -0.39 is 11.6 Å². The molecule has 6 nitrogen and oxygen atoms in total. The molecule has 6 heteroatoms. The van der Waals surface area contributed by atoms with Crippen LogP contribution in [-0.4, -0.2) is 40.9 Å². The molecular formula is C20H29N3O3. The van der Waals surface area contributed by atoms with Crippen LogP contribution in [0.25, 0.3) is 0 Å². The van der Waals surface area contributed by atoms with Crippen molar-refractivity contribution in [1.29, 1.82) is 0 Å². The number of nitrogens with one attached hydrogen (secondary N) is 1. The third kappa shape index (κ3) is 3.89. The average molecular weight is 359 g/mol. The van der Waals surface area contributed by atoms with Crippen molar-refractivity contribution in [1.82, 2.24) is 10.2 Å². The van der Waals surface area contributed by atoms with Crippen molar-refractivity contribution in [2.24, 2.45) is 0 Å². The normalized spacial score (nSPS) is 16.1. The Balaban J connectivity index is 2.22. The van der Waals surface area contributed by atoms with Crippen LogP contribution < -0.4 is 10.2 Å². The van der Waals surface area contributed by atoms with Gasteiger partial charge >= 0.3 is 6.03 Å². The first-order chi connectivity index (χ1) is 12.4. The van der Waals surface area contributed by atoms with Gasteiger partial charge in [0.1, 0.15) is 12.1 Å². The van der Waals surface area contributed by atoms with Gasteiger partial charge in [-0.15, -0.1) is 0 Å². The van der Waals surface area contributed by atoms with E-state index in [1.54, 1.807) is 4.90 Å². The van der Waals surface area contributed by atoms with E-state index in [2.05, 4.69) is 5.32 Å². The van der Waals surface area contributed by atoms with Crippen LogP contribution in [-0.2, 0) is 9.59 Å². The summed E-state index contributed by atoms with van der Waals surface area (Å²) in [5.41, 5.74) is -0.107. The van der Waals surface area contributed by atoms with E-state index in [4.69, 9.17) is 0 Å². The molecular weight excluding hydrogens is 330 g/mol. The minimum absolute atomic E-state index is 0.0818. The Kier molecular flexibility index (Phi) is 6.40. The summed E-state index contributed by atoms with van der Waals surface area (Å²) in [6, 6.07) is 8.75. The van der Waals surface area contributed by atoms with Gasteiger partial charge in [0.15, 0.2) is 0 Å². The molecule has 1 fully saturated rings. The fraction of sp³-hybridized carbons (Fsp3) is 0.550. The first kappa shape index (κ1) is 19.9. The molecule has 0 aromatic heterocycles. The van der Waals surface area contributed by atoms with Gasteiger partial charge in [0.25, 0.3) is 5.91 Å². The van der Waals surface area contributed by atoms with Gasteiger partial charge in [0.2, 0.25) is 5.91 Å². The summed E-state index contributed by atoms with van der Waals surface area (Å²) in [6.45, 7) is 7.55. The van der Waals surface area contributed by atoms with Crippen LogP contribution in [0.3, 0.4) is 0 Å². The van der Waals surface area contributed by atoms with E-state index in [0.29, 0.717) is 12.8 Å². The van der Waals surface area contributed by atoms with Crippen LogP contribution in [0.5, 0.6) is 0 Å². The van der Waals surface area contributed by atoms with Crippen LogP contribution in [0.4, 0.5) is 10.5 Å². The summed E-state index contributed by atoms with van der Waals surface area (Å²) in [7, 11) is 0. The number of carbonyl (C=O) groups excluding carboxylic acids is 3. The third-order valence-corrected chi connectivity index (χ3v) is 4.71. The second kappa shape index (κ2) is 8.34. The maximum Gasteiger partial charge on any atom is 0.325 e. The lowest BCUT2D eigenvalue weighted by Crippen LogP contribution is -2.48. The number of carbonyl (C=O) groups is 3. The fourth-order valence-electron chi connectivity index (χ4n) is 3.67. The number of anilines is 1. The summed E-state index contributed by atoms with van der Waals surface area (Å²) in [5, 5.41) is 2.85. The van der Waals surface area contributed by atoms with Crippen molar-refractivity contribution in [2.45, 2.75) is 65.0 Å². The first-order valence-corrected chi connectivity index (χ1v) is 9.37. The maximum absolute atomic E-state index is 13.0. The zero-order valence-corrected chi connectivity index (χ0v) is 16.1. The van der Waals surface area contributed by atoms with Crippen molar-refractivity contribution in [3.05, 3.63) is 30.3 Å². The van der Waals surface area contributed by atoms with E-state index in [1.165, 1.54) is 0 Å². The topological polar surface area (TPSA) is 69.7 Å². The van der Waals surface area contributed by atoms with Crippen LogP contribution in [0.2, 0.25) is 0 Å². The second-order valence-corrected chi connectivity index (χ2v) is 7.10. The number of amides is 4. The Labute approximate surface area is 155 Å². The summed E-state index contributed by atoms with van der Waals surface area (Å²) >= 11 is 0. The van der Waals surface area contributed by atoms with Gasteiger partial charge in [-0.05, 0) is 38.8 Å². The van der Waals surface area contributed by atoms with Crippen LogP contribution in [0.15, 0.2) is 30.3 Å². The maximum atomic E-state index is 13.0. The summed E-state index contributed by atoms with van der Waals surface area (Å²) in [4.78, 5) is 41.0. The minimum atomic E-state index is -0.865. The predicted octanol–water partition coefficient (Wildman–Crippen LogP) is 3.32. The highest BCUT2D eigenvalue weighted by molar-refractivity contribution is 6.10. The van der Waals surface area contributed by atoms with Gasteiger partial charge < -0.3 is 10.2 Å². The molecule has 0 atom stereocenters. The average Bonchev–Trinajstić information content (AvgIpc) is 2.81. The van der Waals surface area contributed by atoms with Crippen LogP contribution in [0, 0.1) is 0 Å². The van der Waals surface area contributed by atoms with E-state index in [9.17, 15) is 14.4 Å². The molecule has 0 radical (unpaired) electrons. The quantitative estimate of drug-likeness (QED) is 0.724. The lowest BCUT2D eigenvalue weighted by atomic mass is 9.88. The highest BCUT2D eigenvalue weighted by atomic mass is 16.2. The van der Waals surface area contributed by atoms with E-state index >= 15 is 0 Å². The number of hydrogen-bond acceptors (Lipinski definition) is 3. The largest absolute Gasteiger partial charge is 0.325 e. The molecule has 0 spiro atoms. The molecule has 1 aliphatic rings. The molecule has 0 saturated carbocycles. The van der Waals surface area contributed by atoms with E-state index in [-0.39, 0.29) is 24.4 Å². The molecule has 2 rings (SSSR count). The summed E-state index contributed by atoms with van der Waals surface area (Å²) in [5.74, 6) is -0.546. The Morgan fingerprint density at radius 3 is 2.19 bits per heavy atom. The van der Waals surface area contributed by atoms with Crippen molar-refractivity contribution in [3.8, 4) is 0 Å². The zero-order valence-electron chi connectivity index (χ0n) is 16.1. The van der Waals surface area contributed by atoms with Gasteiger partial charge in [-0.2, -0.15) is 0 Å². The number of para-hydroxylation sites is 1. The highest BCUT2D eigenvalue weighted by Crippen LogP contribution is 2.28. The highest BCUT2D eigenvalue weighted by Gasteiger charge is 2.50. The first-order valence-electron chi connectivity index (χ1n) is 9.37. The Morgan fingerprint density at radius 2 is 1.69 bits per heavy atom. The van der Waals surface area contributed by atoms with Crippen LogP contribution in [0.1, 0.15) is 53.4 Å². The van der Waals surface area contributed by atoms with Gasteiger partial charge in [-0.25, -0.2) is 4.79 Å². The van der Waals surface area contributed by atoms with E-state index in [1.807, 2.05) is 58.0 Å². The molecule has 1 N–H and O–H groups in total.